The molecule has 0 atom stereocenters. The van der Waals surface area contributed by atoms with Gasteiger partial charge >= 0.3 is 5.97 Å². The number of aromatic amines is 1. The zero-order valence-corrected chi connectivity index (χ0v) is 15.8. The number of aromatic nitrogens is 1. The molecule has 0 bridgehead atoms. The summed E-state index contributed by atoms with van der Waals surface area (Å²) in [6, 6.07) is 5.82. The maximum Gasteiger partial charge on any atom is 0.303 e. The molecule has 0 unspecified atom stereocenters. The quantitative estimate of drug-likeness (QED) is 0.620. The molecule has 0 fully saturated rings. The Morgan fingerprint density at radius 3 is 2.50 bits per heavy atom. The Morgan fingerprint density at radius 2 is 1.85 bits per heavy atom. The Morgan fingerprint density at radius 1 is 1.15 bits per heavy atom. The molecule has 6 nitrogen and oxygen atoms in total. The highest BCUT2D eigenvalue weighted by Gasteiger charge is 2.19. The molecule has 0 spiro atoms. The Bertz CT molecular complexity index is 767. The van der Waals surface area contributed by atoms with Gasteiger partial charge in [-0.1, -0.05) is 19.3 Å². The molecule has 1 heterocycles. The monoisotopic (exact) mass is 360 g/mol. The molecule has 2 N–H and O–H groups in total. The summed E-state index contributed by atoms with van der Waals surface area (Å²) in [6.07, 6.45) is 4.72. The second-order valence-electron chi connectivity index (χ2n) is 6.59. The van der Waals surface area contributed by atoms with Crippen LogP contribution in [-0.2, 0) is 9.59 Å². The van der Waals surface area contributed by atoms with Crippen LogP contribution >= 0.6 is 0 Å². The minimum atomic E-state index is -0.738. The molecule has 0 radical (unpaired) electrons. The molecule has 26 heavy (non-hydrogen) atoms. The number of amides is 1. The molecule has 2 aromatic rings. The topological polar surface area (TPSA) is 82.6 Å². The third kappa shape index (κ3) is 5.00. The van der Waals surface area contributed by atoms with Crippen molar-refractivity contribution in [2.75, 3.05) is 18.6 Å². The van der Waals surface area contributed by atoms with Crippen LogP contribution in [0, 0.1) is 6.92 Å². The largest absolute Gasteiger partial charge is 0.497 e. The standard InChI is InChI=1S/C20H28N2O4/c1-14-20(17-13-16(26-3)10-11-18(17)21-14)22(15(2)23)12-8-6-4-5-7-9-19(24)25/h10-11,13,21H,4-9,12H2,1-3H3,(H,24,25). The van der Waals surface area contributed by atoms with Crippen LogP contribution in [0.5, 0.6) is 5.75 Å². The molecular formula is C20H28N2O4. The van der Waals surface area contributed by atoms with Gasteiger partial charge in [-0.25, -0.2) is 0 Å². The summed E-state index contributed by atoms with van der Waals surface area (Å²) in [5.74, 6) is 0.0420. The number of fused-ring (bicyclic) bond motifs is 1. The van der Waals surface area contributed by atoms with Gasteiger partial charge in [0, 0.05) is 36.5 Å². The van der Waals surface area contributed by atoms with Gasteiger partial charge in [0.15, 0.2) is 0 Å². The number of anilines is 1. The lowest BCUT2D eigenvalue weighted by atomic mass is 10.1. The number of aryl methyl sites for hydroxylation is 1. The van der Waals surface area contributed by atoms with Crippen LogP contribution in [-0.4, -0.2) is 35.6 Å². The van der Waals surface area contributed by atoms with Gasteiger partial charge < -0.3 is 19.7 Å². The summed E-state index contributed by atoms with van der Waals surface area (Å²) in [6.45, 7) is 4.22. The molecule has 6 heteroatoms. The fourth-order valence-corrected chi connectivity index (χ4v) is 3.27. The van der Waals surface area contributed by atoms with Gasteiger partial charge in [0.1, 0.15) is 5.75 Å². The SMILES string of the molecule is COc1ccc2[nH]c(C)c(N(CCCCCCCC(=O)O)C(C)=O)c2c1. The number of benzene rings is 1. The number of H-pyrrole nitrogens is 1. The summed E-state index contributed by atoms with van der Waals surface area (Å²) < 4.78 is 5.32. The summed E-state index contributed by atoms with van der Waals surface area (Å²) >= 11 is 0. The van der Waals surface area contributed by atoms with Crippen LogP contribution in [0.4, 0.5) is 5.69 Å². The van der Waals surface area contributed by atoms with Crippen molar-refractivity contribution in [1.29, 1.82) is 0 Å². The van der Waals surface area contributed by atoms with Crippen molar-refractivity contribution in [2.24, 2.45) is 0 Å². The third-order valence-electron chi connectivity index (χ3n) is 4.58. The lowest BCUT2D eigenvalue weighted by molar-refractivity contribution is -0.137. The molecule has 142 valence electrons. The number of rotatable bonds is 10. The van der Waals surface area contributed by atoms with Gasteiger partial charge in [-0.15, -0.1) is 0 Å². The fourth-order valence-electron chi connectivity index (χ4n) is 3.27. The van der Waals surface area contributed by atoms with E-state index in [1.54, 1.807) is 14.0 Å². The Balaban J connectivity index is 2.03. The van der Waals surface area contributed by atoms with E-state index in [0.717, 1.165) is 53.7 Å². The van der Waals surface area contributed by atoms with Gasteiger partial charge in [0.2, 0.25) is 5.91 Å². The highest BCUT2D eigenvalue weighted by atomic mass is 16.5. The van der Waals surface area contributed by atoms with Crippen LogP contribution in [0.15, 0.2) is 18.2 Å². The molecule has 0 aliphatic carbocycles. The van der Waals surface area contributed by atoms with E-state index in [1.165, 1.54) is 0 Å². The minimum absolute atomic E-state index is 0.0164. The normalized spacial score (nSPS) is 10.9. The second kappa shape index (κ2) is 9.27. The van der Waals surface area contributed by atoms with E-state index >= 15 is 0 Å². The number of aliphatic carboxylic acids is 1. The van der Waals surface area contributed by atoms with Crippen LogP contribution in [0.25, 0.3) is 10.9 Å². The van der Waals surface area contributed by atoms with Crippen molar-refractivity contribution >= 4 is 28.5 Å². The van der Waals surface area contributed by atoms with Gasteiger partial charge in [0.05, 0.1) is 12.8 Å². The average Bonchev–Trinajstić information content (AvgIpc) is 2.91. The minimum Gasteiger partial charge on any atom is -0.497 e. The van der Waals surface area contributed by atoms with E-state index in [4.69, 9.17) is 9.84 Å². The maximum atomic E-state index is 12.2. The Kier molecular flexibility index (Phi) is 7.06. The van der Waals surface area contributed by atoms with Crippen LogP contribution in [0.2, 0.25) is 0 Å². The van der Waals surface area contributed by atoms with Crippen molar-refractivity contribution in [3.05, 3.63) is 23.9 Å². The van der Waals surface area contributed by atoms with E-state index < -0.39 is 5.97 Å². The summed E-state index contributed by atoms with van der Waals surface area (Å²) in [4.78, 5) is 27.9. The number of hydrogen-bond acceptors (Lipinski definition) is 3. The molecule has 0 aliphatic rings. The van der Waals surface area contributed by atoms with E-state index in [2.05, 4.69) is 4.98 Å². The van der Waals surface area contributed by atoms with Crippen molar-refractivity contribution in [3.63, 3.8) is 0 Å². The van der Waals surface area contributed by atoms with Gasteiger partial charge in [0.25, 0.3) is 0 Å². The predicted molar refractivity (Wildman–Crippen MR) is 103 cm³/mol. The molecule has 0 aliphatic heterocycles. The number of ether oxygens (including phenoxy) is 1. The molecule has 0 saturated heterocycles. The number of methoxy groups -OCH3 is 1. The van der Waals surface area contributed by atoms with E-state index in [1.807, 2.05) is 30.0 Å². The van der Waals surface area contributed by atoms with Crippen molar-refractivity contribution in [3.8, 4) is 5.75 Å². The number of carbonyl (C=O) groups excluding carboxylic acids is 1. The van der Waals surface area contributed by atoms with E-state index in [-0.39, 0.29) is 12.3 Å². The zero-order chi connectivity index (χ0) is 19.1. The predicted octanol–water partition coefficient (Wildman–Crippen LogP) is 4.26. The zero-order valence-electron chi connectivity index (χ0n) is 15.8. The number of nitrogens with zero attached hydrogens (tertiary/aromatic N) is 1. The number of carbonyl (C=O) groups is 2. The number of hydrogen-bond donors (Lipinski definition) is 2. The molecule has 0 saturated carbocycles. The lowest BCUT2D eigenvalue weighted by Crippen LogP contribution is -2.29. The van der Waals surface area contributed by atoms with Gasteiger partial charge in [-0.3, -0.25) is 9.59 Å². The van der Waals surface area contributed by atoms with E-state index in [0.29, 0.717) is 13.0 Å². The molecule has 2 rings (SSSR count). The number of nitrogens with one attached hydrogen (secondary N) is 1. The summed E-state index contributed by atoms with van der Waals surface area (Å²) in [5.41, 5.74) is 2.86. The molecule has 1 aromatic carbocycles. The first-order valence-electron chi connectivity index (χ1n) is 9.10. The first-order chi connectivity index (χ1) is 12.4. The van der Waals surface area contributed by atoms with Crippen LogP contribution in [0.1, 0.15) is 51.1 Å². The maximum absolute atomic E-state index is 12.2. The van der Waals surface area contributed by atoms with Gasteiger partial charge in [-0.05, 0) is 38.0 Å². The smallest absolute Gasteiger partial charge is 0.303 e. The Labute approximate surface area is 154 Å². The Hall–Kier alpha value is -2.50. The molecule has 1 aromatic heterocycles. The van der Waals surface area contributed by atoms with Crippen LogP contribution in [0.3, 0.4) is 0 Å². The summed E-state index contributed by atoms with van der Waals surface area (Å²) in [7, 11) is 1.63. The lowest BCUT2D eigenvalue weighted by Gasteiger charge is -2.22. The van der Waals surface area contributed by atoms with Crippen molar-refractivity contribution < 1.29 is 19.4 Å². The average molecular weight is 360 g/mol. The van der Waals surface area contributed by atoms with Crippen molar-refractivity contribution in [2.45, 2.75) is 52.4 Å². The van der Waals surface area contributed by atoms with Gasteiger partial charge in [-0.2, -0.15) is 0 Å². The molecule has 1 amide bonds. The van der Waals surface area contributed by atoms with Crippen molar-refractivity contribution in [1.82, 2.24) is 4.98 Å². The highest BCUT2D eigenvalue weighted by Crippen LogP contribution is 2.33. The molecular weight excluding hydrogens is 332 g/mol. The summed E-state index contributed by atoms with van der Waals surface area (Å²) in [5, 5.41) is 9.63. The fraction of sp³-hybridized carbons (Fsp3) is 0.500. The third-order valence-corrected chi connectivity index (χ3v) is 4.58. The number of carboxylic acid groups (broad SMARTS) is 1. The first kappa shape index (κ1) is 19.8. The highest BCUT2D eigenvalue weighted by molar-refractivity contribution is 6.04. The second-order valence-corrected chi connectivity index (χ2v) is 6.59. The first-order valence-corrected chi connectivity index (χ1v) is 9.10. The van der Waals surface area contributed by atoms with E-state index in [9.17, 15) is 9.59 Å². The number of carboxylic acids is 1. The van der Waals surface area contributed by atoms with Crippen LogP contribution < -0.4 is 9.64 Å². The number of unbranched alkanes of at least 4 members (excludes halogenated alkanes) is 4.